The lowest BCUT2D eigenvalue weighted by molar-refractivity contribution is 0.0593. The molecule has 0 saturated carbocycles. The fourth-order valence-electron chi connectivity index (χ4n) is 2.34. The number of anilines is 1. The summed E-state index contributed by atoms with van der Waals surface area (Å²) in [5, 5.41) is 0. The minimum Gasteiger partial charge on any atom is -0.382 e. The van der Waals surface area contributed by atoms with Gasteiger partial charge in [0.05, 0.1) is 29.6 Å². The molecule has 0 unspecified atom stereocenters. The first kappa shape index (κ1) is 17.8. The highest BCUT2D eigenvalue weighted by atomic mass is 16.5. The van der Waals surface area contributed by atoms with Crippen molar-refractivity contribution in [2.24, 2.45) is 0 Å². The Morgan fingerprint density at radius 3 is 2.54 bits per heavy atom. The van der Waals surface area contributed by atoms with Crippen molar-refractivity contribution in [3.8, 4) is 0 Å². The number of carbonyl (C=O) groups excluding carboxylic acids is 1. The summed E-state index contributed by atoms with van der Waals surface area (Å²) in [7, 11) is 7.06. The minimum atomic E-state index is -0.281. The number of likely N-dealkylation sites (N-methyl/N-ethyl adjacent to an activating group) is 1. The van der Waals surface area contributed by atoms with E-state index >= 15 is 0 Å². The van der Waals surface area contributed by atoms with Gasteiger partial charge in [0.15, 0.2) is 0 Å². The maximum absolute atomic E-state index is 12.9. The van der Waals surface area contributed by atoms with Gasteiger partial charge in [-0.1, -0.05) is 6.07 Å². The van der Waals surface area contributed by atoms with E-state index in [-0.39, 0.29) is 11.9 Å². The Labute approximate surface area is 142 Å². The highest BCUT2D eigenvalue weighted by Crippen LogP contribution is 2.21. The zero-order valence-electron chi connectivity index (χ0n) is 14.7. The number of carbonyl (C=O) groups is 1. The summed E-state index contributed by atoms with van der Waals surface area (Å²) in [6.07, 6.45) is 3.27. The lowest BCUT2D eigenvalue weighted by Crippen LogP contribution is -2.35. The number of ether oxygens (including phenoxy) is 1. The number of pyridine rings is 1. The summed E-state index contributed by atoms with van der Waals surface area (Å²) in [5.74, 6) is 0.412. The van der Waals surface area contributed by atoms with Crippen LogP contribution in [0, 0.1) is 6.92 Å². The van der Waals surface area contributed by atoms with Gasteiger partial charge in [-0.3, -0.25) is 9.78 Å². The molecule has 24 heavy (non-hydrogen) atoms. The third-order valence-electron chi connectivity index (χ3n) is 3.74. The van der Waals surface area contributed by atoms with Crippen LogP contribution >= 0.6 is 0 Å². The van der Waals surface area contributed by atoms with Gasteiger partial charge < -0.3 is 14.5 Å². The molecule has 1 amide bonds. The highest BCUT2D eigenvalue weighted by Gasteiger charge is 2.25. The Morgan fingerprint density at radius 2 is 2.00 bits per heavy atom. The maximum Gasteiger partial charge on any atom is 0.257 e. The Morgan fingerprint density at radius 1 is 1.25 bits per heavy atom. The fourth-order valence-corrected chi connectivity index (χ4v) is 2.34. The number of amides is 1. The molecule has 0 saturated heterocycles. The van der Waals surface area contributed by atoms with Crippen LogP contribution in [-0.4, -0.2) is 60.6 Å². The van der Waals surface area contributed by atoms with Crippen molar-refractivity contribution in [1.82, 2.24) is 19.9 Å². The highest BCUT2D eigenvalue weighted by molar-refractivity contribution is 5.95. The molecule has 0 aliphatic heterocycles. The first-order chi connectivity index (χ1) is 11.5. The second-order valence-corrected chi connectivity index (χ2v) is 5.71. The Bertz CT molecular complexity index is 691. The summed E-state index contributed by atoms with van der Waals surface area (Å²) in [6, 6.07) is 5.33. The molecule has 0 N–H and O–H groups in total. The van der Waals surface area contributed by atoms with E-state index in [2.05, 4.69) is 15.0 Å². The van der Waals surface area contributed by atoms with Gasteiger partial charge in [0.1, 0.15) is 0 Å². The topological polar surface area (TPSA) is 71.5 Å². The van der Waals surface area contributed by atoms with Crippen LogP contribution in [-0.2, 0) is 4.74 Å². The van der Waals surface area contributed by atoms with Crippen molar-refractivity contribution in [2.75, 3.05) is 39.8 Å². The number of aryl methyl sites for hydroxylation is 1. The zero-order chi connectivity index (χ0) is 17.7. The molecule has 0 aliphatic rings. The van der Waals surface area contributed by atoms with E-state index in [0.29, 0.717) is 23.8 Å². The number of methoxy groups -OCH3 is 1. The number of rotatable bonds is 6. The average molecular weight is 329 g/mol. The molecular weight excluding hydrogens is 306 g/mol. The van der Waals surface area contributed by atoms with Crippen LogP contribution in [0.3, 0.4) is 0 Å². The van der Waals surface area contributed by atoms with Crippen LogP contribution in [0.25, 0.3) is 0 Å². The van der Waals surface area contributed by atoms with Crippen LogP contribution in [0.5, 0.6) is 0 Å². The number of aromatic nitrogens is 3. The largest absolute Gasteiger partial charge is 0.382 e. The van der Waals surface area contributed by atoms with Crippen LogP contribution in [0.4, 0.5) is 5.95 Å². The second kappa shape index (κ2) is 7.83. The van der Waals surface area contributed by atoms with E-state index in [1.807, 2.05) is 39.2 Å². The fraction of sp³-hybridized carbons (Fsp3) is 0.412. The van der Waals surface area contributed by atoms with E-state index in [1.165, 1.54) is 0 Å². The van der Waals surface area contributed by atoms with Crippen molar-refractivity contribution in [3.63, 3.8) is 0 Å². The summed E-state index contributed by atoms with van der Waals surface area (Å²) < 4.78 is 5.27. The normalized spacial score (nSPS) is 11.9. The Balaban J connectivity index is 2.30. The monoisotopic (exact) mass is 329 g/mol. The van der Waals surface area contributed by atoms with Gasteiger partial charge in [-0.15, -0.1) is 0 Å². The molecule has 0 bridgehead atoms. The summed E-state index contributed by atoms with van der Waals surface area (Å²) in [4.78, 5) is 29.3. The van der Waals surface area contributed by atoms with Crippen LogP contribution in [0.1, 0.15) is 27.8 Å². The zero-order valence-corrected chi connectivity index (χ0v) is 14.7. The number of hydrogen-bond donors (Lipinski definition) is 0. The molecule has 2 aromatic heterocycles. The SMILES string of the molecule is COC[C@@H](c1ccccn1)N(C)C(=O)c1cnc(N(C)C)nc1C. The standard InChI is InChI=1S/C17H23N5O2/c1-12-13(10-19-17(20-12)21(2)3)16(23)22(4)15(11-24-5)14-8-6-7-9-18-14/h6-10,15H,11H2,1-5H3/t15-/m0/s1. The lowest BCUT2D eigenvalue weighted by atomic mass is 10.1. The predicted molar refractivity (Wildman–Crippen MR) is 92.0 cm³/mol. The molecule has 0 aromatic carbocycles. The first-order valence-electron chi connectivity index (χ1n) is 7.63. The third-order valence-corrected chi connectivity index (χ3v) is 3.74. The van der Waals surface area contributed by atoms with Crippen molar-refractivity contribution >= 4 is 11.9 Å². The van der Waals surface area contributed by atoms with Crippen molar-refractivity contribution in [2.45, 2.75) is 13.0 Å². The van der Waals surface area contributed by atoms with Gasteiger partial charge in [0.25, 0.3) is 5.91 Å². The Hall–Kier alpha value is -2.54. The van der Waals surface area contributed by atoms with Crippen LogP contribution < -0.4 is 4.90 Å². The molecule has 128 valence electrons. The van der Waals surface area contributed by atoms with Gasteiger partial charge >= 0.3 is 0 Å². The summed E-state index contributed by atoms with van der Waals surface area (Å²) >= 11 is 0. The molecule has 7 nitrogen and oxygen atoms in total. The van der Waals surface area contributed by atoms with Crippen molar-refractivity contribution < 1.29 is 9.53 Å². The van der Waals surface area contributed by atoms with E-state index in [1.54, 1.807) is 36.4 Å². The van der Waals surface area contributed by atoms with E-state index in [9.17, 15) is 4.79 Å². The summed E-state index contributed by atoms with van der Waals surface area (Å²) in [5.41, 5.74) is 1.89. The second-order valence-electron chi connectivity index (χ2n) is 5.71. The van der Waals surface area contributed by atoms with Gasteiger partial charge in [0, 0.05) is 40.6 Å². The molecule has 0 spiro atoms. The van der Waals surface area contributed by atoms with Gasteiger partial charge in [0.2, 0.25) is 5.95 Å². The lowest BCUT2D eigenvalue weighted by Gasteiger charge is -2.27. The van der Waals surface area contributed by atoms with E-state index in [0.717, 1.165) is 5.69 Å². The number of hydrogen-bond acceptors (Lipinski definition) is 6. The van der Waals surface area contributed by atoms with E-state index < -0.39 is 0 Å². The van der Waals surface area contributed by atoms with Gasteiger partial charge in [-0.25, -0.2) is 9.97 Å². The molecule has 0 aliphatic carbocycles. The molecule has 1 atom stereocenters. The quantitative estimate of drug-likeness (QED) is 0.803. The minimum absolute atomic E-state index is 0.162. The van der Waals surface area contributed by atoms with E-state index in [4.69, 9.17) is 4.74 Å². The Kier molecular flexibility index (Phi) is 5.81. The van der Waals surface area contributed by atoms with Crippen LogP contribution in [0.2, 0.25) is 0 Å². The average Bonchev–Trinajstić information content (AvgIpc) is 2.59. The van der Waals surface area contributed by atoms with Gasteiger partial charge in [-0.2, -0.15) is 0 Å². The first-order valence-corrected chi connectivity index (χ1v) is 7.63. The predicted octanol–water partition coefficient (Wildman–Crippen LogP) is 1.71. The molecule has 2 heterocycles. The van der Waals surface area contributed by atoms with Gasteiger partial charge in [-0.05, 0) is 19.1 Å². The number of nitrogens with zero attached hydrogens (tertiary/aromatic N) is 5. The molecule has 0 radical (unpaired) electrons. The molecule has 0 fully saturated rings. The van der Waals surface area contributed by atoms with Crippen molar-refractivity contribution in [1.29, 1.82) is 0 Å². The van der Waals surface area contributed by atoms with Crippen molar-refractivity contribution in [3.05, 3.63) is 47.5 Å². The molecule has 2 aromatic rings. The van der Waals surface area contributed by atoms with Crippen LogP contribution in [0.15, 0.2) is 30.6 Å². The summed E-state index contributed by atoms with van der Waals surface area (Å²) in [6.45, 7) is 2.16. The molecule has 2 rings (SSSR count). The molecular formula is C17H23N5O2. The smallest absolute Gasteiger partial charge is 0.257 e. The molecule has 7 heteroatoms. The third kappa shape index (κ3) is 3.86. The maximum atomic E-state index is 12.9.